The van der Waals surface area contributed by atoms with Crippen molar-refractivity contribution < 1.29 is 28.6 Å². The molecule has 0 spiro atoms. The number of carbonyl (C=O) groups excluding carboxylic acids is 2. The van der Waals surface area contributed by atoms with Gasteiger partial charge in [0.15, 0.2) is 11.5 Å². The number of hydrogen-bond donors (Lipinski definition) is 1. The van der Waals surface area contributed by atoms with Gasteiger partial charge in [-0.1, -0.05) is 37.3 Å². The first kappa shape index (κ1) is 25.0. The molecule has 186 valence electrons. The summed E-state index contributed by atoms with van der Waals surface area (Å²) in [5, 5.41) is 11.1. The van der Waals surface area contributed by atoms with E-state index in [0.717, 1.165) is 17.5 Å². The second-order valence-electron chi connectivity index (χ2n) is 8.53. The molecule has 0 aromatic heterocycles. The van der Waals surface area contributed by atoms with Gasteiger partial charge >= 0.3 is 0 Å². The van der Waals surface area contributed by atoms with Crippen LogP contribution in [0.3, 0.4) is 0 Å². The van der Waals surface area contributed by atoms with E-state index in [1.807, 2.05) is 43.3 Å². The van der Waals surface area contributed by atoms with Crippen LogP contribution in [0.15, 0.2) is 72.3 Å². The van der Waals surface area contributed by atoms with Crippen molar-refractivity contribution in [3.05, 3.63) is 100 Å². The number of carbonyl (C=O) groups is 2. The molecule has 7 heteroatoms. The van der Waals surface area contributed by atoms with Crippen LogP contribution in [0.5, 0.6) is 11.5 Å². The van der Waals surface area contributed by atoms with Crippen LogP contribution in [-0.2, 0) is 22.4 Å². The number of aryl methyl sites for hydroxylation is 1. The molecule has 1 aliphatic rings. The topological polar surface area (TPSA) is 76.1 Å². The van der Waals surface area contributed by atoms with E-state index in [1.54, 1.807) is 20.3 Å². The SMILES string of the molecule is CCc1ccc([C@H]2C(=C(O)c3ccc(F)cc3)C(=O)C(=O)N2CCc2ccc(OC)c(OC)c2)cc1. The highest BCUT2D eigenvalue weighted by molar-refractivity contribution is 6.46. The van der Waals surface area contributed by atoms with Crippen LogP contribution in [0.1, 0.15) is 35.2 Å². The van der Waals surface area contributed by atoms with Crippen molar-refractivity contribution in [3.63, 3.8) is 0 Å². The summed E-state index contributed by atoms with van der Waals surface area (Å²) in [4.78, 5) is 27.8. The minimum Gasteiger partial charge on any atom is -0.507 e. The maximum atomic E-state index is 13.5. The molecule has 0 radical (unpaired) electrons. The molecule has 1 heterocycles. The summed E-state index contributed by atoms with van der Waals surface area (Å²) in [5.74, 6) is -1.09. The fraction of sp³-hybridized carbons (Fsp3) is 0.241. The average molecular weight is 490 g/mol. The highest BCUT2D eigenvalue weighted by Gasteiger charge is 2.45. The number of likely N-dealkylation sites (tertiary alicyclic amines) is 1. The number of amides is 1. The highest BCUT2D eigenvalue weighted by Crippen LogP contribution is 2.40. The zero-order valence-electron chi connectivity index (χ0n) is 20.5. The second kappa shape index (κ2) is 10.6. The summed E-state index contributed by atoms with van der Waals surface area (Å²) in [5.41, 5.74) is 2.97. The third-order valence-electron chi connectivity index (χ3n) is 6.45. The van der Waals surface area contributed by atoms with Crippen LogP contribution in [0.4, 0.5) is 4.39 Å². The molecule has 4 rings (SSSR count). The molecular formula is C29H28FNO5. The molecule has 3 aromatic carbocycles. The Morgan fingerprint density at radius 1 is 0.917 bits per heavy atom. The van der Waals surface area contributed by atoms with Gasteiger partial charge in [-0.05, 0) is 65.9 Å². The third kappa shape index (κ3) is 4.82. The molecule has 1 atom stereocenters. The number of hydrogen-bond acceptors (Lipinski definition) is 5. The van der Waals surface area contributed by atoms with Gasteiger partial charge in [0.05, 0.1) is 25.8 Å². The van der Waals surface area contributed by atoms with Crippen LogP contribution in [-0.4, -0.2) is 42.5 Å². The molecule has 1 fully saturated rings. The first-order valence-corrected chi connectivity index (χ1v) is 11.7. The number of halogens is 1. The Morgan fingerprint density at radius 3 is 2.17 bits per heavy atom. The maximum absolute atomic E-state index is 13.5. The lowest BCUT2D eigenvalue weighted by Crippen LogP contribution is -2.31. The molecule has 1 saturated heterocycles. The van der Waals surface area contributed by atoms with Crippen molar-refractivity contribution in [1.29, 1.82) is 0 Å². The average Bonchev–Trinajstić information content (AvgIpc) is 3.16. The first-order valence-electron chi connectivity index (χ1n) is 11.7. The summed E-state index contributed by atoms with van der Waals surface area (Å²) >= 11 is 0. The molecule has 1 amide bonds. The summed E-state index contributed by atoms with van der Waals surface area (Å²) in [6.45, 7) is 2.28. The summed E-state index contributed by atoms with van der Waals surface area (Å²) in [6, 6.07) is 17.5. The number of aliphatic hydroxyl groups is 1. The molecule has 1 N–H and O–H groups in total. The van der Waals surface area contributed by atoms with E-state index in [4.69, 9.17) is 9.47 Å². The van der Waals surface area contributed by atoms with Crippen molar-refractivity contribution in [1.82, 2.24) is 4.90 Å². The van der Waals surface area contributed by atoms with Crippen molar-refractivity contribution >= 4 is 17.4 Å². The lowest BCUT2D eigenvalue weighted by Gasteiger charge is -2.25. The Labute approximate surface area is 209 Å². The van der Waals surface area contributed by atoms with Crippen LogP contribution < -0.4 is 9.47 Å². The highest BCUT2D eigenvalue weighted by atomic mass is 19.1. The third-order valence-corrected chi connectivity index (χ3v) is 6.45. The Hall–Kier alpha value is -4.13. The summed E-state index contributed by atoms with van der Waals surface area (Å²) in [6.07, 6.45) is 1.29. The largest absolute Gasteiger partial charge is 0.507 e. The van der Waals surface area contributed by atoms with Gasteiger partial charge in [0.25, 0.3) is 11.7 Å². The van der Waals surface area contributed by atoms with Crippen LogP contribution in [0.2, 0.25) is 0 Å². The predicted octanol–water partition coefficient (Wildman–Crippen LogP) is 5.07. The van der Waals surface area contributed by atoms with Crippen molar-refractivity contribution in [2.75, 3.05) is 20.8 Å². The zero-order valence-corrected chi connectivity index (χ0v) is 20.5. The van der Waals surface area contributed by atoms with Crippen LogP contribution in [0, 0.1) is 5.82 Å². The van der Waals surface area contributed by atoms with Crippen LogP contribution in [0.25, 0.3) is 5.76 Å². The standard InChI is InChI=1S/C29H28FNO5/c1-4-18-5-8-20(9-6-18)26-25(27(32)21-10-12-22(30)13-11-21)28(33)29(34)31(26)16-15-19-7-14-23(35-2)24(17-19)36-3/h5-14,17,26,32H,4,15-16H2,1-3H3/t26-/m0/s1. The minimum atomic E-state index is -0.777. The molecule has 36 heavy (non-hydrogen) atoms. The smallest absolute Gasteiger partial charge is 0.295 e. The van der Waals surface area contributed by atoms with E-state index in [9.17, 15) is 19.1 Å². The molecule has 0 unspecified atom stereocenters. The van der Waals surface area contributed by atoms with Gasteiger partial charge in [0.2, 0.25) is 0 Å². The molecule has 0 saturated carbocycles. The predicted molar refractivity (Wildman–Crippen MR) is 134 cm³/mol. The van der Waals surface area contributed by atoms with E-state index in [0.29, 0.717) is 23.5 Å². The fourth-order valence-corrected chi connectivity index (χ4v) is 4.44. The Kier molecular flexibility index (Phi) is 7.38. The summed E-state index contributed by atoms with van der Waals surface area (Å²) in [7, 11) is 3.11. The van der Waals surface area contributed by atoms with Gasteiger partial charge in [-0.3, -0.25) is 9.59 Å². The first-order chi connectivity index (χ1) is 17.4. The summed E-state index contributed by atoms with van der Waals surface area (Å²) < 4.78 is 24.1. The Bertz CT molecular complexity index is 1300. The Morgan fingerprint density at radius 2 is 1.56 bits per heavy atom. The number of benzene rings is 3. The van der Waals surface area contributed by atoms with Gasteiger partial charge in [-0.2, -0.15) is 0 Å². The second-order valence-corrected chi connectivity index (χ2v) is 8.53. The molecule has 6 nitrogen and oxygen atoms in total. The van der Waals surface area contributed by atoms with Gasteiger partial charge in [-0.25, -0.2) is 4.39 Å². The zero-order chi connectivity index (χ0) is 25.8. The molecular weight excluding hydrogens is 461 g/mol. The Balaban J connectivity index is 1.74. The minimum absolute atomic E-state index is 0.0110. The number of Topliss-reactive ketones (excluding diaryl/α,β-unsaturated/α-hetero) is 1. The molecule has 3 aromatic rings. The van der Waals surface area contributed by atoms with E-state index < -0.39 is 23.5 Å². The van der Waals surface area contributed by atoms with Gasteiger partial charge in [0.1, 0.15) is 11.6 Å². The molecule has 0 bridgehead atoms. The van der Waals surface area contributed by atoms with Crippen LogP contribution >= 0.6 is 0 Å². The van der Waals surface area contributed by atoms with Crippen molar-refractivity contribution in [2.45, 2.75) is 25.8 Å². The van der Waals surface area contributed by atoms with E-state index in [-0.39, 0.29) is 23.4 Å². The maximum Gasteiger partial charge on any atom is 0.295 e. The van der Waals surface area contributed by atoms with E-state index in [1.165, 1.54) is 29.2 Å². The monoisotopic (exact) mass is 489 g/mol. The number of ether oxygens (including phenoxy) is 2. The lowest BCUT2D eigenvalue weighted by molar-refractivity contribution is -0.139. The van der Waals surface area contributed by atoms with Crippen molar-refractivity contribution in [2.24, 2.45) is 0 Å². The number of rotatable bonds is 8. The van der Waals surface area contributed by atoms with Gasteiger partial charge in [-0.15, -0.1) is 0 Å². The molecule has 0 aliphatic carbocycles. The van der Waals surface area contributed by atoms with Crippen molar-refractivity contribution in [3.8, 4) is 11.5 Å². The van der Waals surface area contributed by atoms with Gasteiger partial charge in [0, 0.05) is 12.1 Å². The number of aliphatic hydroxyl groups excluding tert-OH is 1. The van der Waals surface area contributed by atoms with Gasteiger partial charge < -0.3 is 19.5 Å². The fourth-order valence-electron chi connectivity index (χ4n) is 4.44. The normalized spacial score (nSPS) is 16.9. The number of nitrogens with zero attached hydrogens (tertiary/aromatic N) is 1. The number of methoxy groups -OCH3 is 2. The number of ketones is 1. The van der Waals surface area contributed by atoms with E-state index in [2.05, 4.69) is 0 Å². The lowest BCUT2D eigenvalue weighted by atomic mass is 9.94. The quantitative estimate of drug-likeness (QED) is 0.272. The molecule has 1 aliphatic heterocycles. The van der Waals surface area contributed by atoms with E-state index >= 15 is 0 Å².